The molecule has 0 aromatic carbocycles. The Bertz CT molecular complexity index is 163. The number of nitrogens with one attached hydrogen (secondary N) is 1. The van der Waals surface area contributed by atoms with E-state index in [0.29, 0.717) is 6.42 Å². The second kappa shape index (κ2) is 3.14. The molecule has 0 heterocycles. The first-order valence-corrected chi connectivity index (χ1v) is 4.14. The summed E-state index contributed by atoms with van der Waals surface area (Å²) in [5, 5.41) is 0. The van der Waals surface area contributed by atoms with E-state index in [1.165, 1.54) is 0 Å². The van der Waals surface area contributed by atoms with E-state index in [2.05, 4.69) is 0 Å². The number of hydrogen-bond donors (Lipinski definition) is 2. The van der Waals surface area contributed by atoms with Crippen LogP contribution in [0.1, 0.15) is 20.3 Å². The van der Waals surface area contributed by atoms with E-state index in [4.69, 9.17) is 4.55 Å². The first-order valence-electron chi connectivity index (χ1n) is 2.70. The molecule has 0 rings (SSSR count). The summed E-state index contributed by atoms with van der Waals surface area (Å²) in [7, 11) is -3.99. The predicted molar refractivity (Wildman–Crippen MR) is 34.4 cm³/mol. The van der Waals surface area contributed by atoms with Gasteiger partial charge in [0.25, 0.3) is 0 Å². The monoisotopic (exact) mass is 153 g/mol. The fraction of sp³-hybridized carbons (Fsp3) is 1.00. The van der Waals surface area contributed by atoms with E-state index in [1.807, 2.05) is 11.6 Å². The summed E-state index contributed by atoms with van der Waals surface area (Å²) in [5.74, 6) is 0. The van der Waals surface area contributed by atoms with Gasteiger partial charge in [0.2, 0.25) is 0 Å². The van der Waals surface area contributed by atoms with E-state index in [1.54, 1.807) is 6.92 Å². The van der Waals surface area contributed by atoms with Crippen molar-refractivity contribution in [3.63, 3.8) is 0 Å². The van der Waals surface area contributed by atoms with E-state index >= 15 is 0 Å². The summed E-state index contributed by atoms with van der Waals surface area (Å²) < 4.78 is 30.3. The molecule has 0 radical (unpaired) electrons. The Morgan fingerprint density at radius 2 is 2.11 bits per heavy atom. The molecular formula is C4H11NO3S. The van der Waals surface area contributed by atoms with E-state index in [-0.39, 0.29) is 6.04 Å². The van der Waals surface area contributed by atoms with E-state index < -0.39 is 10.3 Å². The normalized spacial score (nSPS) is 15.4. The third-order valence-corrected chi connectivity index (χ3v) is 1.66. The van der Waals surface area contributed by atoms with Crippen LogP contribution >= 0.6 is 0 Å². The molecule has 1 atom stereocenters. The maximum absolute atomic E-state index is 10.0. The van der Waals surface area contributed by atoms with Gasteiger partial charge in [-0.1, -0.05) is 6.92 Å². The minimum Gasteiger partial charge on any atom is -0.273 e. The lowest BCUT2D eigenvalue weighted by molar-refractivity contribution is 0.453. The quantitative estimate of drug-likeness (QED) is 0.568. The van der Waals surface area contributed by atoms with Crippen molar-refractivity contribution in [1.29, 1.82) is 0 Å². The smallest absolute Gasteiger partial charge is 0.273 e. The Kier molecular flexibility index (Phi) is 3.10. The van der Waals surface area contributed by atoms with E-state index in [0.717, 1.165) is 0 Å². The molecule has 0 saturated heterocycles. The summed E-state index contributed by atoms with van der Waals surface area (Å²) in [6.07, 6.45) is 0.666. The van der Waals surface area contributed by atoms with Crippen LogP contribution in [0.2, 0.25) is 0 Å². The fourth-order valence-corrected chi connectivity index (χ4v) is 1.01. The van der Waals surface area contributed by atoms with Crippen molar-refractivity contribution in [2.24, 2.45) is 0 Å². The van der Waals surface area contributed by atoms with Crippen LogP contribution in [-0.2, 0) is 10.3 Å². The third-order valence-electron chi connectivity index (χ3n) is 0.962. The molecular weight excluding hydrogens is 142 g/mol. The van der Waals surface area contributed by atoms with Gasteiger partial charge in [0.1, 0.15) is 0 Å². The number of hydrogen-bond acceptors (Lipinski definition) is 2. The largest absolute Gasteiger partial charge is 0.333 e. The molecule has 0 aromatic rings. The molecule has 1 unspecified atom stereocenters. The van der Waals surface area contributed by atoms with Crippen LogP contribution < -0.4 is 4.72 Å². The Balaban J connectivity index is 3.75. The van der Waals surface area contributed by atoms with Crippen LogP contribution in [0, 0.1) is 0 Å². The van der Waals surface area contributed by atoms with Crippen molar-refractivity contribution in [2.75, 3.05) is 0 Å². The first kappa shape index (κ1) is 8.87. The molecule has 4 nitrogen and oxygen atoms in total. The summed E-state index contributed by atoms with van der Waals surface area (Å²) in [4.78, 5) is 0. The molecule has 5 heteroatoms. The average Bonchev–Trinajstić information content (AvgIpc) is 1.62. The van der Waals surface area contributed by atoms with Crippen molar-refractivity contribution in [1.82, 2.24) is 4.72 Å². The molecule has 0 spiro atoms. The van der Waals surface area contributed by atoms with Gasteiger partial charge in [-0.15, -0.1) is 0 Å². The van der Waals surface area contributed by atoms with Gasteiger partial charge in [-0.05, 0) is 13.3 Å². The van der Waals surface area contributed by atoms with Gasteiger partial charge >= 0.3 is 10.3 Å². The average molecular weight is 153 g/mol. The predicted octanol–water partition coefficient (Wildman–Crippen LogP) is 0.177. The van der Waals surface area contributed by atoms with Crippen LogP contribution in [0.4, 0.5) is 0 Å². The lowest BCUT2D eigenvalue weighted by Crippen LogP contribution is -2.31. The summed E-state index contributed by atoms with van der Waals surface area (Å²) in [6.45, 7) is 3.50. The van der Waals surface area contributed by atoms with Crippen LogP contribution in [0.25, 0.3) is 0 Å². The first-order chi connectivity index (χ1) is 3.95. The maximum atomic E-state index is 10.0. The van der Waals surface area contributed by atoms with Crippen molar-refractivity contribution >= 4 is 10.3 Å². The summed E-state index contributed by atoms with van der Waals surface area (Å²) in [5.41, 5.74) is 0. The van der Waals surface area contributed by atoms with Crippen LogP contribution in [0.3, 0.4) is 0 Å². The van der Waals surface area contributed by atoms with Gasteiger partial charge in [-0.25, -0.2) is 0 Å². The second-order valence-electron chi connectivity index (χ2n) is 1.90. The maximum Gasteiger partial charge on any atom is 0.333 e. The zero-order chi connectivity index (χ0) is 7.49. The topological polar surface area (TPSA) is 66.4 Å². The minimum atomic E-state index is -3.99. The van der Waals surface area contributed by atoms with Gasteiger partial charge in [0.05, 0.1) is 0 Å². The Morgan fingerprint density at radius 1 is 1.67 bits per heavy atom. The molecule has 9 heavy (non-hydrogen) atoms. The highest BCUT2D eigenvalue weighted by molar-refractivity contribution is 7.83. The second-order valence-corrected chi connectivity index (χ2v) is 3.09. The van der Waals surface area contributed by atoms with Crippen LogP contribution in [0.5, 0.6) is 0 Å². The lowest BCUT2D eigenvalue weighted by atomic mass is 10.3. The molecule has 0 aliphatic carbocycles. The highest BCUT2D eigenvalue weighted by Gasteiger charge is 2.06. The molecule has 56 valence electrons. The molecule has 0 aliphatic rings. The highest BCUT2D eigenvalue weighted by atomic mass is 32.2. The van der Waals surface area contributed by atoms with Gasteiger partial charge in [-0.3, -0.25) is 4.55 Å². The minimum absolute atomic E-state index is 0.194. The Labute approximate surface area is 55.1 Å². The standard InChI is InChI=1S/C4H11NO3S/c1-3-4(2)5-9(6,7)8/h4-5H,3H2,1-2H3,(H,6,7,8). The van der Waals surface area contributed by atoms with Gasteiger partial charge < -0.3 is 0 Å². The van der Waals surface area contributed by atoms with E-state index in [9.17, 15) is 8.42 Å². The number of rotatable bonds is 3. The molecule has 0 saturated carbocycles. The molecule has 0 bridgehead atoms. The summed E-state index contributed by atoms with van der Waals surface area (Å²) in [6, 6.07) is -0.194. The van der Waals surface area contributed by atoms with Crippen molar-refractivity contribution < 1.29 is 13.0 Å². The lowest BCUT2D eigenvalue weighted by Gasteiger charge is -2.05. The molecule has 0 fully saturated rings. The van der Waals surface area contributed by atoms with Crippen LogP contribution in [-0.4, -0.2) is 19.0 Å². The molecule has 0 amide bonds. The molecule has 0 aliphatic heterocycles. The molecule has 2 N–H and O–H groups in total. The fourth-order valence-electron chi connectivity index (χ4n) is 0.338. The Morgan fingerprint density at radius 3 is 2.22 bits per heavy atom. The Hall–Kier alpha value is -0.130. The zero-order valence-electron chi connectivity index (χ0n) is 5.46. The van der Waals surface area contributed by atoms with Gasteiger partial charge in [-0.2, -0.15) is 13.1 Å². The van der Waals surface area contributed by atoms with Crippen molar-refractivity contribution in [2.45, 2.75) is 26.3 Å². The van der Waals surface area contributed by atoms with Crippen molar-refractivity contribution in [3.05, 3.63) is 0 Å². The zero-order valence-corrected chi connectivity index (χ0v) is 6.27. The molecule has 0 aromatic heterocycles. The van der Waals surface area contributed by atoms with Gasteiger partial charge in [0, 0.05) is 6.04 Å². The summed E-state index contributed by atoms with van der Waals surface area (Å²) >= 11 is 0. The highest BCUT2D eigenvalue weighted by Crippen LogP contribution is 1.88. The van der Waals surface area contributed by atoms with Gasteiger partial charge in [0.15, 0.2) is 0 Å². The third kappa shape index (κ3) is 5.75. The SMILES string of the molecule is CCC(C)NS(=O)(=O)O. The van der Waals surface area contributed by atoms with Crippen LogP contribution in [0.15, 0.2) is 0 Å². The van der Waals surface area contributed by atoms with Crippen molar-refractivity contribution in [3.8, 4) is 0 Å².